The molecule has 4 bridgehead atoms. The minimum absolute atomic E-state index is 0.0834. The quantitative estimate of drug-likeness (QED) is 0.306. The Morgan fingerprint density at radius 3 is 2.14 bits per heavy atom. The highest BCUT2D eigenvalue weighted by Gasteiger charge is 2.60. The minimum Gasteiger partial charge on any atom is -0.475 e. The van der Waals surface area contributed by atoms with Gasteiger partial charge in [-0.2, -0.15) is 13.2 Å². The summed E-state index contributed by atoms with van der Waals surface area (Å²) in [6, 6.07) is -1.60. The third-order valence-electron chi connectivity index (χ3n) is 9.04. The van der Waals surface area contributed by atoms with Crippen LogP contribution in [0.25, 0.3) is 0 Å². The number of likely N-dealkylation sites (tertiary alicyclic amines) is 1. The molecule has 5 N–H and O–H groups in total. The number of rotatable bonds is 8. The first-order valence-electron chi connectivity index (χ1n) is 14.4. The highest BCUT2D eigenvalue weighted by atomic mass is 19.4. The largest absolute Gasteiger partial charge is 0.490 e. The lowest BCUT2D eigenvalue weighted by atomic mass is 9.43. The highest BCUT2D eigenvalue weighted by molar-refractivity contribution is 5.91. The number of methoxy groups -OCH3 is 1. The molecule has 0 aromatic carbocycles. The number of amides is 3. The second kappa shape index (κ2) is 12.8. The summed E-state index contributed by atoms with van der Waals surface area (Å²) in [5.74, 6) is -3.44. The Morgan fingerprint density at radius 2 is 1.64 bits per heavy atom. The van der Waals surface area contributed by atoms with Crippen molar-refractivity contribution < 1.29 is 47.0 Å². The molecule has 5 aliphatic rings. The number of ether oxygens (including phenoxy) is 1. The molecule has 1 aliphatic heterocycles. The van der Waals surface area contributed by atoms with Crippen LogP contribution >= 0.6 is 0 Å². The van der Waals surface area contributed by atoms with Crippen LogP contribution in [0.1, 0.15) is 84.5 Å². The van der Waals surface area contributed by atoms with E-state index in [0.717, 1.165) is 32.1 Å². The van der Waals surface area contributed by atoms with Crippen molar-refractivity contribution in [3.8, 4) is 0 Å². The number of alkyl halides is 3. The van der Waals surface area contributed by atoms with Crippen molar-refractivity contribution >= 4 is 29.7 Å². The zero-order valence-electron chi connectivity index (χ0n) is 24.5. The molecule has 5 rings (SSSR count). The molecule has 2 unspecified atom stereocenters. The number of nitrogens with one attached hydrogen (secondary N) is 2. The molecule has 4 aliphatic carbocycles. The molecule has 4 saturated carbocycles. The highest BCUT2D eigenvalue weighted by Crippen LogP contribution is 2.66. The SMILES string of the molecule is COC(=O)[C@H](CCC(=O)NC12CC3CC(C)(CC(C)(C3)C1)C2)NC(=O)[C@@H]1CCCCN1C(=O)CN.O=C(O)C(F)(F)F. The lowest BCUT2D eigenvalue weighted by Crippen LogP contribution is -2.65. The van der Waals surface area contributed by atoms with Crippen LogP contribution < -0.4 is 16.4 Å². The molecule has 0 aromatic heterocycles. The van der Waals surface area contributed by atoms with Gasteiger partial charge in [0.05, 0.1) is 13.7 Å². The van der Waals surface area contributed by atoms with Gasteiger partial charge in [0, 0.05) is 18.5 Å². The lowest BCUT2D eigenvalue weighted by molar-refractivity contribution is -0.192. The minimum atomic E-state index is -5.08. The van der Waals surface area contributed by atoms with Crippen LogP contribution in [0.5, 0.6) is 0 Å². The number of carboxylic acids is 1. The average molecular weight is 605 g/mol. The van der Waals surface area contributed by atoms with Crippen molar-refractivity contribution in [1.82, 2.24) is 15.5 Å². The Bertz CT molecular complexity index is 1050. The predicted octanol–water partition coefficient (Wildman–Crippen LogP) is 2.26. The summed E-state index contributed by atoms with van der Waals surface area (Å²) >= 11 is 0. The number of carboxylic acid groups (broad SMARTS) is 1. The fourth-order valence-electron chi connectivity index (χ4n) is 8.50. The van der Waals surface area contributed by atoms with Crippen molar-refractivity contribution in [2.24, 2.45) is 22.5 Å². The summed E-state index contributed by atoms with van der Waals surface area (Å²) in [5.41, 5.74) is 5.93. The van der Waals surface area contributed by atoms with Crippen molar-refractivity contribution in [3.05, 3.63) is 0 Å². The number of carbonyl (C=O) groups excluding carboxylic acids is 4. The van der Waals surface area contributed by atoms with Gasteiger partial charge in [-0.25, -0.2) is 9.59 Å². The average Bonchev–Trinajstić information content (AvgIpc) is 2.87. The maximum atomic E-state index is 13.1. The number of aliphatic carboxylic acids is 1. The van der Waals surface area contributed by atoms with Crippen LogP contribution in [0.15, 0.2) is 0 Å². The molecule has 0 spiro atoms. The van der Waals surface area contributed by atoms with Crippen LogP contribution in [-0.2, 0) is 28.7 Å². The first-order valence-corrected chi connectivity index (χ1v) is 14.4. The first-order chi connectivity index (χ1) is 19.4. The van der Waals surface area contributed by atoms with Crippen LogP contribution in [0.4, 0.5) is 13.2 Å². The van der Waals surface area contributed by atoms with Gasteiger partial charge in [-0.15, -0.1) is 0 Å². The van der Waals surface area contributed by atoms with Crippen molar-refractivity contribution in [1.29, 1.82) is 0 Å². The number of hydrogen-bond acceptors (Lipinski definition) is 7. The molecule has 1 heterocycles. The first kappa shape index (κ1) is 33.6. The molecule has 238 valence electrons. The van der Waals surface area contributed by atoms with E-state index in [9.17, 15) is 32.3 Å². The molecule has 5 fully saturated rings. The van der Waals surface area contributed by atoms with Gasteiger partial charge in [-0.1, -0.05) is 13.8 Å². The maximum Gasteiger partial charge on any atom is 0.490 e. The molecule has 1 saturated heterocycles. The summed E-state index contributed by atoms with van der Waals surface area (Å²) in [4.78, 5) is 61.1. The van der Waals surface area contributed by atoms with E-state index < -0.39 is 36.1 Å². The molecule has 0 aromatic rings. The molecule has 14 heteroatoms. The van der Waals surface area contributed by atoms with E-state index in [0.29, 0.717) is 18.9 Å². The monoisotopic (exact) mass is 604 g/mol. The van der Waals surface area contributed by atoms with E-state index in [4.69, 9.17) is 20.4 Å². The Kier molecular flexibility index (Phi) is 10.2. The number of halogens is 3. The zero-order valence-corrected chi connectivity index (χ0v) is 24.5. The standard InChI is InChI=1S/C26H42N4O5.C2HF3O2/c1-24-10-17-11-25(2,14-24)16-26(12-17,15-24)29-20(31)8-7-18(23(34)35-3)28-22(33)19-6-4-5-9-30(19)21(32)13-27;3-2(4,5)1(6)7/h17-19H,4-16,27H2,1-3H3,(H,28,33)(H,29,31);(H,6,7)/t17?,18-,19-,24?,25?,26?;/m0./s1. The Morgan fingerprint density at radius 1 is 1.05 bits per heavy atom. The second-order valence-corrected chi connectivity index (χ2v) is 13.2. The topological polar surface area (TPSA) is 168 Å². The Labute approximate surface area is 243 Å². The lowest BCUT2D eigenvalue weighted by Gasteiger charge is -2.65. The smallest absolute Gasteiger partial charge is 0.475 e. The number of carbonyl (C=O) groups is 5. The fourth-order valence-corrected chi connectivity index (χ4v) is 8.50. The fraction of sp³-hybridized carbons (Fsp3) is 0.821. The Balaban J connectivity index is 0.000000616. The molecule has 4 atom stereocenters. The number of piperidine rings is 1. The number of nitrogens with zero attached hydrogens (tertiary/aromatic N) is 1. The number of nitrogens with two attached hydrogens (primary N) is 1. The van der Waals surface area contributed by atoms with E-state index in [-0.39, 0.29) is 47.6 Å². The van der Waals surface area contributed by atoms with Crippen LogP contribution in [0.3, 0.4) is 0 Å². The van der Waals surface area contributed by atoms with Gasteiger partial charge in [0.15, 0.2) is 0 Å². The van der Waals surface area contributed by atoms with Crippen LogP contribution in [-0.4, -0.2) is 83.7 Å². The molecule has 0 radical (unpaired) electrons. The summed E-state index contributed by atoms with van der Waals surface area (Å²) in [6.07, 6.45) is 4.14. The van der Waals surface area contributed by atoms with Crippen LogP contribution in [0, 0.1) is 16.7 Å². The number of esters is 1. The van der Waals surface area contributed by atoms with Crippen LogP contribution in [0.2, 0.25) is 0 Å². The van der Waals surface area contributed by atoms with Gasteiger partial charge in [0.25, 0.3) is 0 Å². The van der Waals surface area contributed by atoms with Gasteiger partial charge in [0.2, 0.25) is 17.7 Å². The molecular weight excluding hydrogens is 561 g/mol. The molecular formula is C28H43F3N4O7. The molecule has 3 amide bonds. The maximum absolute atomic E-state index is 13.1. The van der Waals surface area contributed by atoms with E-state index in [2.05, 4.69) is 24.5 Å². The summed E-state index contributed by atoms with van der Waals surface area (Å²) in [6.45, 7) is 5.04. The van der Waals surface area contributed by atoms with Crippen molar-refractivity contribution in [3.63, 3.8) is 0 Å². The second-order valence-electron chi connectivity index (χ2n) is 13.2. The molecule has 11 nitrogen and oxygen atoms in total. The van der Waals surface area contributed by atoms with E-state index in [1.807, 2.05) is 0 Å². The van der Waals surface area contributed by atoms with Gasteiger partial charge in [0.1, 0.15) is 12.1 Å². The molecule has 42 heavy (non-hydrogen) atoms. The Hall–Kier alpha value is -2.90. The van der Waals surface area contributed by atoms with E-state index in [1.54, 1.807) is 0 Å². The summed E-state index contributed by atoms with van der Waals surface area (Å²) in [5, 5.41) is 13.2. The van der Waals surface area contributed by atoms with Gasteiger partial charge >= 0.3 is 18.1 Å². The normalized spacial score (nSPS) is 32.2. The summed E-state index contributed by atoms with van der Waals surface area (Å²) < 4.78 is 36.6. The van der Waals surface area contributed by atoms with E-state index in [1.165, 1.54) is 31.3 Å². The number of hydrogen-bond donors (Lipinski definition) is 4. The van der Waals surface area contributed by atoms with Crippen molar-refractivity contribution in [2.45, 2.75) is 108 Å². The van der Waals surface area contributed by atoms with Gasteiger partial charge in [-0.05, 0) is 81.0 Å². The van der Waals surface area contributed by atoms with E-state index >= 15 is 0 Å². The zero-order chi connectivity index (χ0) is 31.5. The van der Waals surface area contributed by atoms with Gasteiger partial charge < -0.3 is 31.1 Å². The summed E-state index contributed by atoms with van der Waals surface area (Å²) in [7, 11) is 1.27. The predicted molar refractivity (Wildman–Crippen MR) is 144 cm³/mol. The van der Waals surface area contributed by atoms with Crippen molar-refractivity contribution in [2.75, 3.05) is 20.2 Å². The third kappa shape index (κ3) is 8.13. The third-order valence-corrected chi connectivity index (χ3v) is 9.04. The van der Waals surface area contributed by atoms with Gasteiger partial charge in [-0.3, -0.25) is 14.4 Å².